The van der Waals surface area contributed by atoms with Gasteiger partial charge in [-0.2, -0.15) is 13.2 Å². The van der Waals surface area contributed by atoms with Gasteiger partial charge < -0.3 is 15.2 Å². The lowest BCUT2D eigenvalue weighted by Gasteiger charge is -2.31. The summed E-state index contributed by atoms with van der Waals surface area (Å²) in [5, 5.41) is 12.5. The Morgan fingerprint density at radius 3 is 2.58 bits per heavy atom. The molecule has 1 aromatic heterocycles. The third-order valence-corrected chi connectivity index (χ3v) is 6.84. The van der Waals surface area contributed by atoms with Gasteiger partial charge in [-0.3, -0.25) is 14.5 Å². The number of rotatable bonds is 8. The first-order chi connectivity index (χ1) is 18.9. The molecule has 2 fully saturated rings. The molecular formula is C25H26ClF3N6O5. The zero-order chi connectivity index (χ0) is 29.1. The van der Waals surface area contributed by atoms with Crippen LogP contribution in [-0.2, 0) is 14.3 Å². The van der Waals surface area contributed by atoms with E-state index in [1.165, 1.54) is 24.4 Å². The molecule has 1 atom stereocenters. The Balaban J connectivity index is 1.49. The Labute approximate surface area is 232 Å². The molecule has 1 aromatic carbocycles. The van der Waals surface area contributed by atoms with Crippen molar-refractivity contribution < 1.29 is 37.4 Å². The average molecular weight is 583 g/mol. The van der Waals surface area contributed by atoms with E-state index in [9.17, 15) is 32.7 Å². The monoisotopic (exact) mass is 582 g/mol. The van der Waals surface area contributed by atoms with Gasteiger partial charge in [-0.05, 0) is 43.7 Å². The van der Waals surface area contributed by atoms with Gasteiger partial charge in [0.25, 0.3) is 11.8 Å². The minimum Gasteiger partial charge on any atom is -0.506 e. The molecule has 0 bridgehead atoms. The second kappa shape index (κ2) is 11.8. The van der Waals surface area contributed by atoms with Crippen molar-refractivity contribution in [1.29, 1.82) is 0 Å². The fourth-order valence-corrected chi connectivity index (χ4v) is 4.39. The van der Waals surface area contributed by atoms with Crippen LogP contribution < -0.4 is 10.2 Å². The van der Waals surface area contributed by atoms with Crippen LogP contribution in [0.25, 0.3) is 6.08 Å². The zero-order valence-corrected chi connectivity index (χ0v) is 22.1. The Kier molecular flexibility index (Phi) is 8.61. The molecule has 2 aliphatic heterocycles. The van der Waals surface area contributed by atoms with Crippen molar-refractivity contribution in [1.82, 2.24) is 19.8 Å². The van der Waals surface area contributed by atoms with E-state index in [0.717, 1.165) is 38.3 Å². The van der Waals surface area contributed by atoms with E-state index in [2.05, 4.69) is 20.2 Å². The van der Waals surface area contributed by atoms with Gasteiger partial charge in [0.05, 0.1) is 30.6 Å². The van der Waals surface area contributed by atoms with E-state index in [4.69, 9.17) is 16.3 Å². The first kappa shape index (κ1) is 29.2. The second-order valence-electron chi connectivity index (χ2n) is 9.21. The van der Waals surface area contributed by atoms with Crippen LogP contribution in [0.1, 0.15) is 18.9 Å². The number of hydrogen-bond acceptors (Lipinski definition) is 9. The summed E-state index contributed by atoms with van der Waals surface area (Å²) in [6.07, 6.45) is -0.526. The number of aromatic hydroxyl groups is 1. The number of morpholine rings is 1. The number of aromatic nitrogens is 2. The van der Waals surface area contributed by atoms with Gasteiger partial charge in [0.15, 0.2) is 5.82 Å². The maximum atomic E-state index is 14.2. The highest BCUT2D eigenvalue weighted by Crippen LogP contribution is 2.43. The number of amides is 4. The average Bonchev–Trinajstić information content (AvgIpc) is 3.13. The molecule has 1 unspecified atom stereocenters. The van der Waals surface area contributed by atoms with E-state index in [1.807, 2.05) is 0 Å². The summed E-state index contributed by atoms with van der Waals surface area (Å²) in [4.78, 5) is 49.3. The molecule has 2 saturated heterocycles. The van der Waals surface area contributed by atoms with Crippen LogP contribution in [0.2, 0.25) is 5.02 Å². The van der Waals surface area contributed by atoms with E-state index in [1.54, 1.807) is 0 Å². The van der Waals surface area contributed by atoms with Gasteiger partial charge in [-0.15, -0.1) is 0 Å². The van der Waals surface area contributed by atoms with Crippen LogP contribution in [0.5, 0.6) is 5.75 Å². The largest absolute Gasteiger partial charge is 0.506 e. The number of carbonyl (C=O) groups excluding carboxylic acids is 3. The number of nitrogens with one attached hydrogen (secondary N) is 1. The molecule has 2 aromatic rings. The van der Waals surface area contributed by atoms with Crippen LogP contribution in [-0.4, -0.2) is 93.8 Å². The molecule has 0 saturated carbocycles. The second-order valence-corrected chi connectivity index (χ2v) is 9.61. The van der Waals surface area contributed by atoms with Crippen molar-refractivity contribution in [2.45, 2.75) is 25.1 Å². The van der Waals surface area contributed by atoms with Crippen molar-refractivity contribution in [2.75, 3.05) is 49.6 Å². The summed E-state index contributed by atoms with van der Waals surface area (Å²) in [7, 11) is 0. The number of ether oxygens (including phenoxy) is 1. The maximum Gasteiger partial charge on any atom is 0.421 e. The lowest BCUT2D eigenvalue weighted by Crippen LogP contribution is -2.59. The number of hydrogen-bond donors (Lipinski definition) is 2. The van der Waals surface area contributed by atoms with E-state index < -0.39 is 35.4 Å². The molecule has 0 radical (unpaired) electrons. The summed E-state index contributed by atoms with van der Waals surface area (Å²) in [5.41, 5.74) is -3.23. The molecule has 214 valence electrons. The molecular weight excluding hydrogens is 557 g/mol. The topological polar surface area (TPSA) is 128 Å². The van der Waals surface area contributed by atoms with Crippen molar-refractivity contribution >= 4 is 47.2 Å². The number of imide groups is 2. The number of urea groups is 1. The highest BCUT2D eigenvalue weighted by molar-refractivity contribution is 6.32. The fourth-order valence-electron chi connectivity index (χ4n) is 4.20. The van der Waals surface area contributed by atoms with Crippen molar-refractivity contribution in [3.8, 4) is 5.75 Å². The van der Waals surface area contributed by atoms with Crippen LogP contribution in [0.4, 0.5) is 29.6 Å². The molecule has 15 heteroatoms. The first-order valence-corrected chi connectivity index (χ1v) is 12.6. The van der Waals surface area contributed by atoms with E-state index in [0.29, 0.717) is 38.6 Å². The number of alkyl halides is 3. The van der Waals surface area contributed by atoms with E-state index in [-0.39, 0.29) is 26.1 Å². The predicted molar refractivity (Wildman–Crippen MR) is 139 cm³/mol. The van der Waals surface area contributed by atoms with Crippen LogP contribution in [0, 0.1) is 0 Å². The smallest absolute Gasteiger partial charge is 0.421 e. The van der Waals surface area contributed by atoms with Gasteiger partial charge in [-0.1, -0.05) is 17.7 Å². The van der Waals surface area contributed by atoms with Crippen molar-refractivity contribution in [3.63, 3.8) is 0 Å². The van der Waals surface area contributed by atoms with Crippen molar-refractivity contribution in [3.05, 3.63) is 47.3 Å². The Morgan fingerprint density at radius 1 is 1.23 bits per heavy atom. The summed E-state index contributed by atoms with van der Waals surface area (Å²) in [5.74, 6) is -3.49. The fraction of sp³-hybridized carbons (Fsp3) is 0.400. The SMILES string of the molecule is CC1(C(F)(F)F)C(=O)N(c2cnc(NCCCN3CCOCC3)cn2)C(=O)N1C(=O)/C=C/c1ccc(O)c(Cl)c1. The molecule has 0 spiro atoms. The minimum atomic E-state index is -5.30. The van der Waals surface area contributed by atoms with Crippen molar-refractivity contribution in [2.24, 2.45) is 0 Å². The van der Waals surface area contributed by atoms with Gasteiger partial charge in [-0.25, -0.2) is 24.6 Å². The molecule has 11 nitrogen and oxygen atoms in total. The Morgan fingerprint density at radius 2 is 1.95 bits per heavy atom. The van der Waals surface area contributed by atoms with Gasteiger partial charge >= 0.3 is 12.2 Å². The summed E-state index contributed by atoms with van der Waals surface area (Å²) in [6.45, 7) is 4.91. The summed E-state index contributed by atoms with van der Waals surface area (Å²) >= 11 is 5.81. The quantitative estimate of drug-likeness (QED) is 0.274. The van der Waals surface area contributed by atoms with Gasteiger partial charge in [0, 0.05) is 25.7 Å². The van der Waals surface area contributed by atoms with Gasteiger partial charge in [0.1, 0.15) is 11.6 Å². The maximum absolute atomic E-state index is 14.2. The number of nitrogens with zero attached hydrogens (tertiary/aromatic N) is 5. The summed E-state index contributed by atoms with van der Waals surface area (Å²) < 4.78 is 47.8. The molecule has 2 N–H and O–H groups in total. The van der Waals surface area contributed by atoms with Crippen LogP contribution in [0.15, 0.2) is 36.7 Å². The highest BCUT2D eigenvalue weighted by atomic mass is 35.5. The molecule has 4 rings (SSSR count). The number of phenols is 1. The third-order valence-electron chi connectivity index (χ3n) is 6.54. The molecule has 0 aliphatic carbocycles. The van der Waals surface area contributed by atoms with E-state index >= 15 is 0 Å². The first-order valence-electron chi connectivity index (χ1n) is 12.3. The molecule has 3 heterocycles. The predicted octanol–water partition coefficient (Wildman–Crippen LogP) is 3.30. The number of halogens is 4. The molecule has 4 amide bonds. The Bertz CT molecular complexity index is 1300. The summed E-state index contributed by atoms with van der Waals surface area (Å²) in [6, 6.07) is 2.31. The number of phenolic OH excluding ortho intramolecular Hbond substituents is 1. The zero-order valence-electron chi connectivity index (χ0n) is 21.3. The lowest BCUT2D eigenvalue weighted by atomic mass is 9.99. The molecule has 2 aliphatic rings. The Hall–Kier alpha value is -3.75. The third kappa shape index (κ3) is 5.88. The number of carbonyl (C=O) groups is 3. The number of anilines is 2. The highest BCUT2D eigenvalue weighted by Gasteiger charge is 2.71. The normalized spacial score (nSPS) is 20.5. The van der Waals surface area contributed by atoms with Gasteiger partial charge in [0.2, 0.25) is 5.54 Å². The number of benzene rings is 1. The van der Waals surface area contributed by atoms with Crippen LogP contribution in [0.3, 0.4) is 0 Å². The standard InChI is InChI=1S/C25H26ClF3N6O5/c1-24(25(27,28)29)22(38)34(23(39)35(24)21(37)6-4-16-3-5-18(36)17(26)13-16)20-15-31-19(14-32-20)30-7-2-8-33-9-11-40-12-10-33/h3-6,13-15,36H,2,7-12H2,1H3,(H,30,31)/b6-4+. The molecule has 40 heavy (non-hydrogen) atoms. The minimum absolute atomic E-state index is 0.0538. The lowest BCUT2D eigenvalue weighted by molar-refractivity contribution is -0.209. The van der Waals surface area contributed by atoms with Crippen LogP contribution >= 0.6 is 11.6 Å².